The molecule has 0 aliphatic heterocycles. The minimum atomic E-state index is -3.47. The second kappa shape index (κ2) is 7.68. The highest BCUT2D eigenvalue weighted by Crippen LogP contribution is 2.23. The molecule has 0 bridgehead atoms. The van der Waals surface area contributed by atoms with Gasteiger partial charge in [0.25, 0.3) is 0 Å². The number of rotatable bonds is 8. The predicted octanol–water partition coefficient (Wildman–Crippen LogP) is 2.11. The lowest BCUT2D eigenvalue weighted by atomic mass is 10.4. The van der Waals surface area contributed by atoms with Crippen molar-refractivity contribution in [2.75, 3.05) is 31.5 Å². The van der Waals surface area contributed by atoms with Gasteiger partial charge >= 0.3 is 0 Å². The molecule has 0 saturated carbocycles. The Bertz CT molecular complexity index is 543. The Morgan fingerprint density at radius 3 is 2.60 bits per heavy atom. The molecule has 1 aromatic heterocycles. The van der Waals surface area contributed by atoms with Crippen molar-refractivity contribution in [3.63, 3.8) is 0 Å². The van der Waals surface area contributed by atoms with Crippen LogP contribution in [0.5, 0.6) is 0 Å². The van der Waals surface area contributed by atoms with Gasteiger partial charge in [0.1, 0.15) is 4.90 Å². The molecule has 116 valence electrons. The number of aryl methyl sites for hydroxylation is 2. The maximum Gasteiger partial charge on any atom is 0.246 e. The van der Waals surface area contributed by atoms with E-state index in [1.54, 1.807) is 37.3 Å². The van der Waals surface area contributed by atoms with E-state index in [1.165, 1.54) is 4.31 Å². The molecule has 0 radical (unpaired) electrons. The minimum absolute atomic E-state index is 0.329. The van der Waals surface area contributed by atoms with Crippen LogP contribution in [-0.4, -0.2) is 54.0 Å². The summed E-state index contributed by atoms with van der Waals surface area (Å²) >= 11 is 7.30. The number of thioether (sulfide) groups is 1. The lowest BCUT2D eigenvalue weighted by Gasteiger charge is -2.16. The largest absolute Gasteiger partial charge is 0.268 e. The second-order valence-corrected chi connectivity index (χ2v) is 7.93. The fraction of sp³-hybridized carbons (Fsp3) is 0.750. The van der Waals surface area contributed by atoms with E-state index in [2.05, 4.69) is 5.10 Å². The van der Waals surface area contributed by atoms with Crippen molar-refractivity contribution in [1.82, 2.24) is 14.1 Å². The zero-order valence-corrected chi connectivity index (χ0v) is 14.8. The highest BCUT2D eigenvalue weighted by atomic mass is 35.5. The van der Waals surface area contributed by atoms with E-state index in [0.717, 1.165) is 12.2 Å². The molecule has 0 atom stereocenters. The fourth-order valence-corrected chi connectivity index (χ4v) is 4.20. The van der Waals surface area contributed by atoms with Gasteiger partial charge in [-0.1, -0.05) is 0 Å². The molecule has 0 amide bonds. The Labute approximate surface area is 130 Å². The van der Waals surface area contributed by atoms with Crippen LogP contribution in [-0.2, 0) is 16.6 Å². The number of halogens is 1. The molecule has 1 rings (SSSR count). The summed E-state index contributed by atoms with van der Waals surface area (Å²) < 4.78 is 28.3. The summed E-state index contributed by atoms with van der Waals surface area (Å²) in [5.74, 6) is 1.31. The maximum absolute atomic E-state index is 12.6. The van der Waals surface area contributed by atoms with Crippen molar-refractivity contribution in [3.05, 3.63) is 11.4 Å². The van der Waals surface area contributed by atoms with Gasteiger partial charge in [-0.05, 0) is 26.5 Å². The Morgan fingerprint density at radius 2 is 2.05 bits per heavy atom. The van der Waals surface area contributed by atoms with Crippen molar-refractivity contribution in [3.8, 4) is 0 Å². The van der Waals surface area contributed by atoms with Crippen LogP contribution in [0.15, 0.2) is 4.90 Å². The molecule has 1 heterocycles. The van der Waals surface area contributed by atoms with Gasteiger partial charge in [-0.15, -0.1) is 11.6 Å². The molecule has 20 heavy (non-hydrogen) atoms. The van der Waals surface area contributed by atoms with Crippen molar-refractivity contribution < 1.29 is 8.42 Å². The SMILES string of the molecule is CSCCN(C)S(=O)(=O)c1c(C)nn(CCCCl)c1C. The summed E-state index contributed by atoms with van der Waals surface area (Å²) in [6.07, 6.45) is 2.73. The van der Waals surface area contributed by atoms with E-state index >= 15 is 0 Å². The fourth-order valence-electron chi connectivity index (χ4n) is 1.98. The summed E-state index contributed by atoms with van der Waals surface area (Å²) in [6.45, 7) is 4.67. The van der Waals surface area contributed by atoms with Crippen LogP contribution in [0.4, 0.5) is 0 Å². The molecule has 0 aliphatic rings. The van der Waals surface area contributed by atoms with E-state index in [9.17, 15) is 8.42 Å². The smallest absolute Gasteiger partial charge is 0.246 e. The Kier molecular flexibility index (Phi) is 6.84. The van der Waals surface area contributed by atoms with E-state index in [1.807, 2.05) is 6.26 Å². The molecule has 0 aliphatic carbocycles. The van der Waals surface area contributed by atoms with Crippen molar-refractivity contribution in [2.24, 2.45) is 0 Å². The van der Waals surface area contributed by atoms with Crippen molar-refractivity contribution in [1.29, 1.82) is 0 Å². The monoisotopic (exact) mass is 339 g/mol. The van der Waals surface area contributed by atoms with Gasteiger partial charge < -0.3 is 0 Å². The Morgan fingerprint density at radius 1 is 1.40 bits per heavy atom. The van der Waals surface area contributed by atoms with Gasteiger partial charge in [-0.2, -0.15) is 21.2 Å². The van der Waals surface area contributed by atoms with Crippen LogP contribution in [0.25, 0.3) is 0 Å². The summed E-state index contributed by atoms with van der Waals surface area (Å²) in [7, 11) is -1.86. The van der Waals surface area contributed by atoms with Crippen molar-refractivity contribution >= 4 is 33.4 Å². The topological polar surface area (TPSA) is 55.2 Å². The van der Waals surface area contributed by atoms with Crippen LogP contribution < -0.4 is 0 Å². The predicted molar refractivity (Wildman–Crippen MR) is 85.2 cm³/mol. The van der Waals surface area contributed by atoms with Gasteiger partial charge in [0.15, 0.2) is 0 Å². The van der Waals surface area contributed by atoms with Crippen LogP contribution in [0.1, 0.15) is 17.8 Å². The van der Waals surface area contributed by atoms with Gasteiger partial charge in [-0.25, -0.2) is 8.42 Å². The summed E-state index contributed by atoms with van der Waals surface area (Å²) in [5, 5.41) is 4.32. The highest BCUT2D eigenvalue weighted by molar-refractivity contribution is 7.98. The number of hydrogen-bond donors (Lipinski definition) is 0. The first-order valence-electron chi connectivity index (χ1n) is 6.41. The molecule has 5 nitrogen and oxygen atoms in total. The van der Waals surface area contributed by atoms with Crippen LogP contribution in [0, 0.1) is 13.8 Å². The third-order valence-electron chi connectivity index (χ3n) is 3.10. The van der Waals surface area contributed by atoms with Gasteiger partial charge in [0.05, 0.1) is 11.4 Å². The first-order chi connectivity index (χ1) is 9.36. The van der Waals surface area contributed by atoms with Gasteiger partial charge in [0, 0.05) is 31.8 Å². The quantitative estimate of drug-likeness (QED) is 0.681. The van der Waals surface area contributed by atoms with E-state index in [0.29, 0.717) is 35.3 Å². The lowest BCUT2D eigenvalue weighted by molar-refractivity contribution is 0.487. The van der Waals surface area contributed by atoms with Crippen LogP contribution in [0.3, 0.4) is 0 Å². The molecule has 0 unspecified atom stereocenters. The first-order valence-corrected chi connectivity index (χ1v) is 9.78. The Hall–Kier alpha value is -0.240. The molecule has 8 heteroatoms. The number of alkyl halides is 1. The lowest BCUT2D eigenvalue weighted by Crippen LogP contribution is -2.29. The second-order valence-electron chi connectivity index (χ2n) is 4.58. The molecule has 0 aromatic carbocycles. The number of nitrogens with zero attached hydrogens (tertiary/aromatic N) is 3. The zero-order valence-electron chi connectivity index (χ0n) is 12.4. The average molecular weight is 340 g/mol. The van der Waals surface area contributed by atoms with E-state index < -0.39 is 10.0 Å². The normalized spacial score (nSPS) is 12.3. The third-order valence-corrected chi connectivity index (χ3v) is 6.07. The molecular formula is C12H22ClN3O2S2. The zero-order chi connectivity index (χ0) is 15.3. The van der Waals surface area contributed by atoms with Gasteiger partial charge in [0.2, 0.25) is 10.0 Å². The average Bonchev–Trinajstić information content (AvgIpc) is 2.68. The Balaban J connectivity index is 3.09. The number of sulfonamides is 1. The highest BCUT2D eigenvalue weighted by Gasteiger charge is 2.28. The molecule has 0 saturated heterocycles. The number of aromatic nitrogens is 2. The number of hydrogen-bond acceptors (Lipinski definition) is 4. The molecule has 0 N–H and O–H groups in total. The summed E-state index contributed by atoms with van der Waals surface area (Å²) in [6, 6.07) is 0. The molecule has 1 aromatic rings. The van der Waals surface area contributed by atoms with Crippen LogP contribution in [0.2, 0.25) is 0 Å². The standard InChI is InChI=1S/C12H22ClN3O2S2/c1-10-12(11(2)16(14-10)7-5-6-13)20(17,18)15(3)8-9-19-4/h5-9H2,1-4H3. The summed E-state index contributed by atoms with van der Waals surface area (Å²) in [4.78, 5) is 0.329. The maximum atomic E-state index is 12.6. The van der Waals surface area contributed by atoms with E-state index in [4.69, 9.17) is 11.6 Å². The molecule has 0 spiro atoms. The molecular weight excluding hydrogens is 318 g/mol. The van der Waals surface area contributed by atoms with E-state index in [-0.39, 0.29) is 0 Å². The molecule has 0 fully saturated rings. The summed E-state index contributed by atoms with van der Waals surface area (Å²) in [5.41, 5.74) is 1.23. The van der Waals surface area contributed by atoms with Crippen molar-refractivity contribution in [2.45, 2.75) is 31.7 Å². The minimum Gasteiger partial charge on any atom is -0.268 e. The third kappa shape index (κ3) is 3.90. The van der Waals surface area contributed by atoms with Gasteiger partial charge in [-0.3, -0.25) is 4.68 Å². The van der Waals surface area contributed by atoms with Crippen LogP contribution >= 0.6 is 23.4 Å². The first kappa shape index (κ1) is 17.8.